The van der Waals surface area contributed by atoms with Crippen molar-refractivity contribution in [2.24, 2.45) is 11.0 Å². The van der Waals surface area contributed by atoms with Crippen LogP contribution in [0.15, 0.2) is 59.8 Å². The van der Waals surface area contributed by atoms with Crippen LogP contribution in [0.2, 0.25) is 0 Å². The van der Waals surface area contributed by atoms with E-state index in [2.05, 4.69) is 17.3 Å². The van der Waals surface area contributed by atoms with Gasteiger partial charge in [0.15, 0.2) is 6.61 Å². The normalized spacial score (nSPS) is 11.0. The summed E-state index contributed by atoms with van der Waals surface area (Å²) < 4.78 is 0. The van der Waals surface area contributed by atoms with E-state index in [0.717, 1.165) is 16.7 Å². The van der Waals surface area contributed by atoms with Crippen molar-refractivity contribution in [3.8, 4) is 11.1 Å². The van der Waals surface area contributed by atoms with Crippen molar-refractivity contribution >= 4 is 11.6 Å². The van der Waals surface area contributed by atoms with Gasteiger partial charge in [-0.05, 0) is 23.6 Å². The van der Waals surface area contributed by atoms with Gasteiger partial charge in [0.25, 0.3) is 5.91 Å². The van der Waals surface area contributed by atoms with Gasteiger partial charge in [0.05, 0.1) is 5.71 Å². The molecule has 5 nitrogen and oxygen atoms in total. The maximum absolute atomic E-state index is 10.9. The van der Waals surface area contributed by atoms with E-state index in [-0.39, 0.29) is 6.61 Å². The minimum atomic E-state index is -0.425. The maximum atomic E-state index is 10.9. The summed E-state index contributed by atoms with van der Waals surface area (Å²) in [5.41, 5.74) is 5.89. The average molecular weight is 283 g/mol. The number of nitrogens with zero attached hydrogens (tertiary/aromatic N) is 1. The van der Waals surface area contributed by atoms with Crippen molar-refractivity contribution in [3.63, 3.8) is 0 Å². The third-order valence-corrected chi connectivity index (χ3v) is 2.97. The van der Waals surface area contributed by atoms with Gasteiger partial charge in [-0.3, -0.25) is 10.2 Å². The number of nitrogens with one attached hydrogen (secondary N) is 1. The van der Waals surface area contributed by atoms with E-state index in [9.17, 15) is 4.79 Å². The smallest absolute Gasteiger partial charge is 0.274 e. The summed E-state index contributed by atoms with van der Waals surface area (Å²) in [7, 11) is 0. The highest BCUT2D eigenvalue weighted by atomic mass is 16.6. The molecule has 0 aliphatic carbocycles. The Kier molecular flexibility index (Phi) is 5.06. The molecular formula is C16H17N3O2. The Morgan fingerprint density at radius 2 is 1.71 bits per heavy atom. The molecule has 0 aromatic heterocycles. The Morgan fingerprint density at radius 3 is 2.33 bits per heavy atom. The van der Waals surface area contributed by atoms with Gasteiger partial charge in [-0.25, -0.2) is 5.84 Å². The molecule has 0 unspecified atom stereocenters. The molecule has 0 bridgehead atoms. The Bertz CT molecular complexity index is 622. The topological polar surface area (TPSA) is 76.7 Å². The minimum Gasteiger partial charge on any atom is -0.385 e. The molecule has 1 amide bonds. The molecule has 0 atom stereocenters. The summed E-state index contributed by atoms with van der Waals surface area (Å²) in [6.45, 7) is 1.62. The lowest BCUT2D eigenvalue weighted by Crippen LogP contribution is -2.32. The van der Waals surface area contributed by atoms with Gasteiger partial charge in [0.2, 0.25) is 0 Å². The third-order valence-electron chi connectivity index (χ3n) is 2.97. The van der Waals surface area contributed by atoms with Crippen LogP contribution in [-0.4, -0.2) is 18.2 Å². The summed E-state index contributed by atoms with van der Waals surface area (Å²) >= 11 is 0. The summed E-state index contributed by atoms with van der Waals surface area (Å²) in [5, 5.41) is 3.89. The monoisotopic (exact) mass is 283 g/mol. The SMILES string of the molecule is C/C(=N\OCC(=O)NN)c1ccc(-c2ccccc2)cc1. The Hall–Kier alpha value is -2.66. The molecule has 2 aromatic rings. The molecule has 0 radical (unpaired) electrons. The second-order valence-corrected chi connectivity index (χ2v) is 4.46. The van der Waals surface area contributed by atoms with Crippen molar-refractivity contribution in [2.75, 3.05) is 6.61 Å². The molecule has 0 aliphatic rings. The number of hydrazine groups is 1. The van der Waals surface area contributed by atoms with Gasteiger partial charge in [0, 0.05) is 0 Å². The largest absolute Gasteiger partial charge is 0.385 e. The second-order valence-electron chi connectivity index (χ2n) is 4.46. The highest BCUT2D eigenvalue weighted by Crippen LogP contribution is 2.19. The molecule has 5 heteroatoms. The van der Waals surface area contributed by atoms with Crippen LogP contribution in [-0.2, 0) is 9.63 Å². The fourth-order valence-corrected chi connectivity index (χ4v) is 1.82. The third kappa shape index (κ3) is 4.15. The molecule has 0 saturated carbocycles. The Balaban J connectivity index is 2.05. The fraction of sp³-hybridized carbons (Fsp3) is 0.125. The molecule has 0 heterocycles. The van der Waals surface area contributed by atoms with E-state index in [4.69, 9.17) is 10.7 Å². The number of hydrogen-bond donors (Lipinski definition) is 2. The second kappa shape index (κ2) is 7.21. The molecule has 108 valence electrons. The van der Waals surface area contributed by atoms with Crippen LogP contribution in [0.1, 0.15) is 12.5 Å². The van der Waals surface area contributed by atoms with Crippen molar-refractivity contribution < 1.29 is 9.63 Å². The highest BCUT2D eigenvalue weighted by Gasteiger charge is 2.02. The number of hydrogen-bond acceptors (Lipinski definition) is 4. The van der Waals surface area contributed by atoms with Crippen LogP contribution in [0.4, 0.5) is 0 Å². The zero-order valence-electron chi connectivity index (χ0n) is 11.7. The summed E-state index contributed by atoms with van der Waals surface area (Å²) in [4.78, 5) is 15.8. The van der Waals surface area contributed by atoms with Crippen molar-refractivity contribution in [2.45, 2.75) is 6.92 Å². The lowest BCUT2D eigenvalue weighted by atomic mass is 10.0. The summed E-state index contributed by atoms with van der Waals surface area (Å²) in [5.74, 6) is 4.52. The van der Waals surface area contributed by atoms with Crippen molar-refractivity contribution in [1.82, 2.24) is 5.43 Å². The van der Waals surface area contributed by atoms with Gasteiger partial charge in [-0.15, -0.1) is 0 Å². The maximum Gasteiger partial charge on any atom is 0.274 e. The number of rotatable bonds is 5. The number of carbonyl (C=O) groups is 1. The van der Waals surface area contributed by atoms with E-state index in [1.54, 1.807) is 0 Å². The molecule has 3 N–H and O–H groups in total. The van der Waals surface area contributed by atoms with Crippen LogP contribution in [0.5, 0.6) is 0 Å². The zero-order valence-corrected chi connectivity index (χ0v) is 11.7. The molecule has 0 saturated heterocycles. The number of nitrogens with two attached hydrogens (primary N) is 1. The number of oxime groups is 1. The lowest BCUT2D eigenvalue weighted by Gasteiger charge is -2.04. The first kappa shape index (κ1) is 14.7. The molecule has 2 rings (SSSR count). The first-order valence-electron chi connectivity index (χ1n) is 6.52. The summed E-state index contributed by atoms with van der Waals surface area (Å²) in [6.07, 6.45) is 0. The molecule has 2 aromatic carbocycles. The number of benzene rings is 2. The van der Waals surface area contributed by atoms with Crippen LogP contribution >= 0.6 is 0 Å². The molecule has 0 aliphatic heterocycles. The molecule has 21 heavy (non-hydrogen) atoms. The van der Waals surface area contributed by atoms with Crippen LogP contribution in [0.25, 0.3) is 11.1 Å². The molecular weight excluding hydrogens is 266 g/mol. The summed E-state index contributed by atoms with van der Waals surface area (Å²) in [6, 6.07) is 18.1. The van der Waals surface area contributed by atoms with Gasteiger partial charge in [-0.2, -0.15) is 0 Å². The first-order chi connectivity index (χ1) is 10.2. The average Bonchev–Trinajstić information content (AvgIpc) is 2.55. The fourth-order valence-electron chi connectivity index (χ4n) is 1.82. The number of amides is 1. The minimum absolute atomic E-state index is 0.198. The van der Waals surface area contributed by atoms with E-state index in [0.29, 0.717) is 5.71 Å². The quantitative estimate of drug-likeness (QED) is 0.382. The lowest BCUT2D eigenvalue weighted by molar-refractivity contribution is -0.125. The van der Waals surface area contributed by atoms with Crippen LogP contribution < -0.4 is 11.3 Å². The highest BCUT2D eigenvalue weighted by molar-refractivity contribution is 5.98. The van der Waals surface area contributed by atoms with Crippen molar-refractivity contribution in [3.05, 3.63) is 60.2 Å². The van der Waals surface area contributed by atoms with E-state index >= 15 is 0 Å². The standard InChI is InChI=1S/C16H17N3O2/c1-12(19-21-11-16(20)18-17)13-7-9-15(10-8-13)14-5-3-2-4-6-14/h2-10H,11,17H2,1H3,(H,18,20)/b19-12+. The Morgan fingerprint density at radius 1 is 1.10 bits per heavy atom. The van der Waals surface area contributed by atoms with Gasteiger partial charge >= 0.3 is 0 Å². The Labute approximate surface area is 123 Å². The predicted octanol–water partition coefficient (Wildman–Crippen LogP) is 2.08. The van der Waals surface area contributed by atoms with E-state index in [1.165, 1.54) is 0 Å². The van der Waals surface area contributed by atoms with Crippen molar-refractivity contribution in [1.29, 1.82) is 0 Å². The van der Waals surface area contributed by atoms with E-state index in [1.807, 2.05) is 54.8 Å². The zero-order chi connectivity index (χ0) is 15.1. The molecule has 0 fully saturated rings. The van der Waals surface area contributed by atoms with Crippen LogP contribution in [0.3, 0.4) is 0 Å². The van der Waals surface area contributed by atoms with Gasteiger partial charge in [0.1, 0.15) is 0 Å². The van der Waals surface area contributed by atoms with Gasteiger partial charge in [-0.1, -0.05) is 59.8 Å². The number of carbonyl (C=O) groups excluding carboxylic acids is 1. The first-order valence-corrected chi connectivity index (χ1v) is 6.52. The van der Waals surface area contributed by atoms with Crippen LogP contribution in [0, 0.1) is 0 Å². The predicted molar refractivity (Wildman–Crippen MR) is 82.4 cm³/mol. The molecule has 0 spiro atoms. The van der Waals surface area contributed by atoms with Gasteiger partial charge < -0.3 is 4.84 Å². The van der Waals surface area contributed by atoms with E-state index < -0.39 is 5.91 Å².